The number of benzene rings is 8. The maximum Gasteiger partial charge on any atom is 0.164 e. The van der Waals surface area contributed by atoms with Gasteiger partial charge < -0.3 is 8.98 Å². The summed E-state index contributed by atoms with van der Waals surface area (Å²) in [6.45, 7) is 0. The molecule has 0 unspecified atom stereocenters. The second-order valence-corrected chi connectivity index (χ2v) is 15.4. The number of rotatable bonds is 5. The molecule has 57 heavy (non-hydrogen) atoms. The summed E-state index contributed by atoms with van der Waals surface area (Å²) < 4.78 is 11.0. The van der Waals surface area contributed by atoms with Crippen molar-refractivity contribution in [1.82, 2.24) is 19.5 Å². The van der Waals surface area contributed by atoms with E-state index in [0.29, 0.717) is 17.5 Å². The predicted octanol–water partition coefficient (Wildman–Crippen LogP) is 13.9. The van der Waals surface area contributed by atoms with Crippen molar-refractivity contribution in [2.24, 2.45) is 0 Å². The fourth-order valence-corrected chi connectivity index (χ4v) is 9.72. The Kier molecular flexibility index (Phi) is 7.03. The third-order valence-corrected chi connectivity index (χ3v) is 12.3. The van der Waals surface area contributed by atoms with Crippen LogP contribution >= 0.6 is 11.3 Å². The van der Waals surface area contributed by atoms with Crippen molar-refractivity contribution >= 4 is 75.3 Å². The number of fused-ring (bicyclic) bond motifs is 9. The Morgan fingerprint density at radius 3 is 1.84 bits per heavy atom. The average molecular weight is 747 g/mol. The molecule has 0 aliphatic heterocycles. The van der Waals surface area contributed by atoms with Crippen LogP contribution in [-0.2, 0) is 0 Å². The largest absolute Gasteiger partial charge is 0.456 e. The minimum atomic E-state index is 0.617. The molecular weight excluding hydrogens is 717 g/mol. The molecular formula is C51H30N4OS. The Balaban J connectivity index is 1.04. The van der Waals surface area contributed by atoms with Crippen molar-refractivity contribution in [3.63, 3.8) is 0 Å². The van der Waals surface area contributed by atoms with Gasteiger partial charge in [-0.1, -0.05) is 133 Å². The zero-order valence-corrected chi connectivity index (χ0v) is 31.2. The number of hydrogen-bond donors (Lipinski definition) is 0. The lowest BCUT2D eigenvalue weighted by Gasteiger charge is -2.12. The molecule has 0 radical (unpaired) electrons. The van der Waals surface area contributed by atoms with E-state index in [-0.39, 0.29) is 0 Å². The minimum Gasteiger partial charge on any atom is -0.456 e. The van der Waals surface area contributed by atoms with Crippen molar-refractivity contribution in [2.75, 3.05) is 0 Å². The van der Waals surface area contributed by atoms with E-state index in [1.165, 1.54) is 53.1 Å². The highest BCUT2D eigenvalue weighted by Gasteiger charge is 2.20. The normalized spacial score (nSPS) is 11.9. The van der Waals surface area contributed by atoms with Crippen LogP contribution in [-0.4, -0.2) is 19.5 Å². The van der Waals surface area contributed by atoms with Gasteiger partial charge in [0.1, 0.15) is 11.2 Å². The molecule has 6 heteroatoms. The van der Waals surface area contributed by atoms with Gasteiger partial charge in [0.15, 0.2) is 17.5 Å². The number of hydrogen-bond acceptors (Lipinski definition) is 5. The minimum absolute atomic E-state index is 0.617. The lowest BCUT2D eigenvalue weighted by Crippen LogP contribution is -2.00. The summed E-state index contributed by atoms with van der Waals surface area (Å²) in [5.41, 5.74) is 10.5. The lowest BCUT2D eigenvalue weighted by atomic mass is 9.99. The monoisotopic (exact) mass is 746 g/mol. The molecule has 4 aromatic heterocycles. The van der Waals surface area contributed by atoms with Crippen LogP contribution in [0, 0.1) is 0 Å². The molecule has 0 saturated heterocycles. The summed E-state index contributed by atoms with van der Waals surface area (Å²) in [5.74, 6) is 1.88. The molecule has 0 fully saturated rings. The van der Waals surface area contributed by atoms with Crippen LogP contribution in [0.5, 0.6) is 0 Å². The molecule has 12 aromatic rings. The van der Waals surface area contributed by atoms with Crippen molar-refractivity contribution in [3.05, 3.63) is 182 Å². The zero-order chi connectivity index (χ0) is 37.5. The van der Waals surface area contributed by atoms with Crippen LogP contribution in [0.3, 0.4) is 0 Å². The second-order valence-electron chi connectivity index (χ2n) is 14.4. The van der Waals surface area contributed by atoms with Gasteiger partial charge in [0.2, 0.25) is 0 Å². The van der Waals surface area contributed by atoms with E-state index >= 15 is 0 Å². The standard InChI is InChI=1S/C51H30N4OS/c1-3-13-31(14-4-1)49-52-50(32-26-28-45-42(29-32)36-18-8-10-24-44(36)56-45)54-51(53-49)33-25-27-37-40-21-12-22-41(48(40)57-46(37)30-33)39-20-11-19-38-35-17-7-9-23-43(35)55(47(38)39)34-15-5-2-6-16-34/h1-30H. The van der Waals surface area contributed by atoms with Crippen LogP contribution in [0.4, 0.5) is 0 Å². The first-order valence-electron chi connectivity index (χ1n) is 19.0. The fraction of sp³-hybridized carbons (Fsp3) is 0. The van der Waals surface area contributed by atoms with Gasteiger partial charge in [-0.05, 0) is 48.5 Å². The van der Waals surface area contributed by atoms with Crippen molar-refractivity contribution in [2.45, 2.75) is 0 Å². The highest BCUT2D eigenvalue weighted by Crippen LogP contribution is 2.45. The molecule has 12 rings (SSSR count). The van der Waals surface area contributed by atoms with Gasteiger partial charge in [0, 0.05) is 75.2 Å². The van der Waals surface area contributed by atoms with E-state index < -0.39 is 0 Å². The highest BCUT2D eigenvalue weighted by atomic mass is 32.1. The van der Waals surface area contributed by atoms with Gasteiger partial charge in [-0.25, -0.2) is 15.0 Å². The molecule has 0 spiro atoms. The topological polar surface area (TPSA) is 56.7 Å². The van der Waals surface area contributed by atoms with E-state index in [1.807, 2.05) is 72.0 Å². The molecule has 5 nitrogen and oxygen atoms in total. The molecule has 0 amide bonds. The number of thiophene rings is 1. The molecule has 0 N–H and O–H groups in total. The Labute approximate surface area is 330 Å². The molecule has 0 saturated carbocycles. The van der Waals surface area contributed by atoms with Gasteiger partial charge in [-0.2, -0.15) is 0 Å². The fourth-order valence-electron chi connectivity index (χ4n) is 8.45. The summed E-state index contributed by atoms with van der Waals surface area (Å²) in [6.07, 6.45) is 0. The first kappa shape index (κ1) is 31.9. The van der Waals surface area contributed by atoms with Gasteiger partial charge >= 0.3 is 0 Å². The van der Waals surface area contributed by atoms with Gasteiger partial charge in [0.25, 0.3) is 0 Å². The lowest BCUT2D eigenvalue weighted by molar-refractivity contribution is 0.669. The van der Waals surface area contributed by atoms with E-state index in [4.69, 9.17) is 19.4 Å². The van der Waals surface area contributed by atoms with Crippen LogP contribution in [0.2, 0.25) is 0 Å². The average Bonchev–Trinajstić information content (AvgIpc) is 3.96. The third-order valence-electron chi connectivity index (χ3n) is 11.1. The van der Waals surface area contributed by atoms with Crippen molar-refractivity contribution in [3.8, 4) is 51.0 Å². The molecule has 8 aromatic carbocycles. The van der Waals surface area contributed by atoms with Crippen LogP contribution < -0.4 is 0 Å². The molecule has 4 heterocycles. The van der Waals surface area contributed by atoms with E-state index in [0.717, 1.165) is 44.3 Å². The summed E-state index contributed by atoms with van der Waals surface area (Å²) >= 11 is 1.82. The number of aromatic nitrogens is 4. The SMILES string of the molecule is c1ccc(-c2nc(-c3ccc4c(c3)sc3c(-c5cccc6c7ccccc7n(-c7ccccc7)c56)cccc34)nc(-c3ccc4oc5ccccc5c4c3)n2)cc1. The molecule has 266 valence electrons. The Hall–Kier alpha value is -7.41. The highest BCUT2D eigenvalue weighted by molar-refractivity contribution is 7.26. The van der Waals surface area contributed by atoms with Crippen molar-refractivity contribution < 1.29 is 4.42 Å². The van der Waals surface area contributed by atoms with Crippen molar-refractivity contribution in [1.29, 1.82) is 0 Å². The number of nitrogens with zero attached hydrogens (tertiary/aromatic N) is 4. The molecule has 0 aliphatic rings. The van der Waals surface area contributed by atoms with Gasteiger partial charge in [-0.3, -0.25) is 0 Å². The Morgan fingerprint density at radius 1 is 0.404 bits per heavy atom. The van der Waals surface area contributed by atoms with Gasteiger partial charge in [-0.15, -0.1) is 11.3 Å². The van der Waals surface area contributed by atoms with Crippen LogP contribution in [0.25, 0.3) is 115 Å². The molecule has 0 aliphatic carbocycles. The maximum atomic E-state index is 6.14. The summed E-state index contributed by atoms with van der Waals surface area (Å²) in [6, 6.07) is 63.9. The number of furan rings is 1. The van der Waals surface area contributed by atoms with Gasteiger partial charge in [0.05, 0.1) is 11.0 Å². The smallest absolute Gasteiger partial charge is 0.164 e. The third kappa shape index (κ3) is 5.04. The maximum absolute atomic E-state index is 6.14. The van der Waals surface area contributed by atoms with E-state index in [1.54, 1.807) is 0 Å². The Morgan fingerprint density at radius 2 is 1.02 bits per heavy atom. The quantitative estimate of drug-likeness (QED) is 0.176. The van der Waals surface area contributed by atoms with E-state index in [2.05, 4.69) is 126 Å². The summed E-state index contributed by atoms with van der Waals surface area (Å²) in [4.78, 5) is 15.3. The second kappa shape index (κ2) is 12.6. The molecule has 0 bridgehead atoms. The Bertz CT molecular complexity index is 3530. The summed E-state index contributed by atoms with van der Waals surface area (Å²) in [7, 11) is 0. The predicted molar refractivity (Wildman–Crippen MR) is 236 cm³/mol. The molecule has 0 atom stereocenters. The van der Waals surface area contributed by atoms with Crippen LogP contribution in [0.15, 0.2) is 186 Å². The zero-order valence-electron chi connectivity index (χ0n) is 30.4. The number of para-hydroxylation sites is 4. The first-order valence-corrected chi connectivity index (χ1v) is 19.8. The van der Waals surface area contributed by atoms with Crippen LogP contribution in [0.1, 0.15) is 0 Å². The van der Waals surface area contributed by atoms with E-state index in [9.17, 15) is 0 Å². The first-order chi connectivity index (χ1) is 28.2. The summed E-state index contributed by atoms with van der Waals surface area (Å²) in [5, 5.41) is 7.04.